The fourth-order valence-electron chi connectivity index (χ4n) is 4.61. The first-order valence-electron chi connectivity index (χ1n) is 12.2. The van der Waals surface area contributed by atoms with Gasteiger partial charge in [0, 0.05) is 16.5 Å². The summed E-state index contributed by atoms with van der Waals surface area (Å²) in [7, 11) is 0. The first-order valence-corrected chi connectivity index (χ1v) is 13.1. The number of carboxylic acid groups (broad SMARTS) is 1. The van der Waals surface area contributed by atoms with E-state index in [4.69, 9.17) is 9.84 Å². The van der Waals surface area contributed by atoms with Crippen LogP contribution < -0.4 is 56.1 Å². The number of benzene rings is 3. The van der Waals surface area contributed by atoms with Gasteiger partial charge in [0.25, 0.3) is 0 Å². The van der Waals surface area contributed by atoms with Crippen LogP contribution in [0.15, 0.2) is 78.2 Å². The molecule has 1 fully saturated rings. The Labute approximate surface area is 264 Å². The zero-order chi connectivity index (χ0) is 24.9. The topological polar surface area (TPSA) is 76.5 Å². The van der Waals surface area contributed by atoms with Crippen molar-refractivity contribution in [3.63, 3.8) is 0 Å². The third-order valence-corrected chi connectivity index (χ3v) is 7.55. The maximum absolute atomic E-state index is 12.7. The molecule has 37 heavy (non-hydrogen) atoms. The predicted molar refractivity (Wildman–Crippen MR) is 142 cm³/mol. The van der Waals surface area contributed by atoms with Gasteiger partial charge in [0.2, 0.25) is 5.78 Å². The molecule has 184 valence electrons. The van der Waals surface area contributed by atoms with E-state index in [2.05, 4.69) is 29.2 Å². The number of hydrogen-bond donors (Lipinski definition) is 1. The second-order valence-corrected chi connectivity index (χ2v) is 10.00. The number of rotatable bonds is 8. The van der Waals surface area contributed by atoms with Crippen molar-refractivity contribution in [2.45, 2.75) is 44.6 Å². The molecular weight excluding hydrogens is 509 g/mol. The van der Waals surface area contributed by atoms with Gasteiger partial charge >= 0.3 is 57.4 Å². The first kappa shape index (κ1) is 27.9. The number of aromatic carboxylic acids is 1. The van der Waals surface area contributed by atoms with Crippen molar-refractivity contribution in [2.75, 3.05) is 0 Å². The van der Waals surface area contributed by atoms with Crippen LogP contribution in [-0.2, 0) is 6.61 Å². The van der Waals surface area contributed by atoms with E-state index in [9.17, 15) is 9.59 Å². The maximum Gasteiger partial charge on any atom is 1.00 e. The zero-order valence-electron chi connectivity index (χ0n) is 21.9. The Morgan fingerprint density at radius 1 is 0.892 bits per heavy atom. The molecule has 1 aromatic heterocycles. The third kappa shape index (κ3) is 7.05. The monoisotopic (exact) mass is 537 g/mol. The molecule has 0 radical (unpaired) electrons. The van der Waals surface area contributed by atoms with Crippen molar-refractivity contribution in [3.8, 4) is 17.0 Å². The van der Waals surface area contributed by atoms with Crippen LogP contribution in [-0.4, -0.2) is 21.8 Å². The van der Waals surface area contributed by atoms with Crippen molar-refractivity contribution >= 4 is 23.1 Å². The molecule has 0 saturated heterocycles. The van der Waals surface area contributed by atoms with Crippen LogP contribution >= 0.6 is 11.3 Å². The van der Waals surface area contributed by atoms with Gasteiger partial charge in [-0.25, -0.2) is 9.78 Å². The second-order valence-electron chi connectivity index (χ2n) is 9.14. The van der Waals surface area contributed by atoms with Gasteiger partial charge in [0.05, 0.1) is 11.3 Å². The summed E-state index contributed by atoms with van der Waals surface area (Å²) >= 11 is 1.27. The van der Waals surface area contributed by atoms with Gasteiger partial charge in [0.1, 0.15) is 12.4 Å². The number of thiazole rings is 1. The number of carboxylic acids is 1. The van der Waals surface area contributed by atoms with Crippen LogP contribution in [0.3, 0.4) is 0 Å². The van der Waals surface area contributed by atoms with Crippen molar-refractivity contribution in [1.82, 2.24) is 4.98 Å². The van der Waals surface area contributed by atoms with E-state index in [1.165, 1.54) is 73.3 Å². The van der Waals surface area contributed by atoms with Gasteiger partial charge < -0.3 is 11.3 Å². The molecule has 3 aromatic carbocycles. The summed E-state index contributed by atoms with van der Waals surface area (Å²) in [5, 5.41) is 11.2. The predicted octanol–water partition coefficient (Wildman–Crippen LogP) is 4.48. The Morgan fingerprint density at radius 3 is 2.19 bits per heavy atom. The fourth-order valence-corrected chi connectivity index (χ4v) is 5.40. The summed E-state index contributed by atoms with van der Waals surface area (Å²) in [4.78, 5) is 28.2. The van der Waals surface area contributed by atoms with E-state index in [0.29, 0.717) is 23.1 Å². The van der Waals surface area contributed by atoms with E-state index in [1.54, 1.807) is 0 Å². The number of aromatic nitrogens is 1. The molecule has 7 heteroatoms. The number of ketones is 1. The number of hydrogen-bond acceptors (Lipinski definition) is 5. The van der Waals surface area contributed by atoms with E-state index >= 15 is 0 Å². The molecule has 0 atom stereocenters. The van der Waals surface area contributed by atoms with Crippen LogP contribution in [0.2, 0.25) is 0 Å². The molecule has 1 N–H and O–H groups in total. The molecule has 0 amide bonds. The largest absolute Gasteiger partial charge is 1.00 e. The van der Waals surface area contributed by atoms with Gasteiger partial charge in [-0.3, -0.25) is 4.79 Å². The summed E-state index contributed by atoms with van der Waals surface area (Å²) in [6.45, 7) is 0.514. The van der Waals surface area contributed by atoms with Crippen molar-refractivity contribution in [2.24, 2.45) is 0 Å². The molecule has 5 rings (SSSR count). The summed E-state index contributed by atoms with van der Waals surface area (Å²) in [6.07, 6.45) is 6.65. The van der Waals surface area contributed by atoms with Crippen molar-refractivity contribution in [1.29, 1.82) is 0 Å². The molecule has 5 nitrogen and oxygen atoms in total. The van der Waals surface area contributed by atoms with Crippen molar-refractivity contribution < 1.29 is 72.2 Å². The summed E-state index contributed by atoms with van der Waals surface area (Å²) in [5.41, 5.74) is 4.77. The Morgan fingerprint density at radius 2 is 1.54 bits per heavy atom. The Balaban J connectivity index is 0.00000200. The van der Waals surface area contributed by atoms with Gasteiger partial charge in [-0.15, -0.1) is 11.3 Å². The average Bonchev–Trinajstić information content (AvgIpc) is 3.43. The fraction of sp³-hybridized carbons (Fsp3) is 0.233. The number of carbonyl (C=O) groups excluding carboxylic acids is 1. The average molecular weight is 538 g/mol. The molecular formula is C30H28KNO4S. The number of nitrogens with zero attached hydrogens (tertiary/aromatic N) is 1. The van der Waals surface area contributed by atoms with Crippen LogP contribution in [0.4, 0.5) is 0 Å². The van der Waals surface area contributed by atoms with E-state index in [0.717, 1.165) is 22.6 Å². The molecule has 4 aromatic rings. The van der Waals surface area contributed by atoms with Crippen LogP contribution in [0, 0.1) is 0 Å². The molecule has 0 unspecified atom stereocenters. The number of ether oxygens (including phenoxy) is 1. The van der Waals surface area contributed by atoms with E-state index in [-0.39, 0.29) is 64.2 Å². The smallest absolute Gasteiger partial charge is 1.00 e. The molecule has 0 bridgehead atoms. The van der Waals surface area contributed by atoms with E-state index < -0.39 is 5.97 Å². The van der Waals surface area contributed by atoms with E-state index in [1.807, 2.05) is 29.6 Å². The summed E-state index contributed by atoms with van der Waals surface area (Å²) in [5.74, 6) is 0.239. The standard InChI is InChI=1S/C30H27NO4S.K.H/c32-28(24-10-12-25(13-11-24)30(33)34)29-31-27(19-36-29)23-14-16-26(17-15-23)35-18-20-6-8-22(9-7-20)21-4-2-1-3-5-21;;/h6-17,19,21H,1-5,18H2,(H,33,34);;/q;+1;-1. The van der Waals surface area contributed by atoms with Gasteiger partial charge in [-0.05, 0) is 66.3 Å². The molecule has 1 aliphatic carbocycles. The number of carbonyl (C=O) groups is 2. The second kappa shape index (κ2) is 13.1. The molecule has 0 spiro atoms. The van der Waals surface area contributed by atoms with Gasteiger partial charge in [-0.2, -0.15) is 0 Å². The van der Waals surface area contributed by atoms with Crippen LogP contribution in [0.25, 0.3) is 11.3 Å². The Bertz CT molecular complexity index is 1350. The minimum absolute atomic E-state index is 0. The maximum atomic E-state index is 12.7. The summed E-state index contributed by atoms with van der Waals surface area (Å²) in [6, 6.07) is 22.4. The molecule has 1 saturated carbocycles. The van der Waals surface area contributed by atoms with Crippen molar-refractivity contribution in [3.05, 3.63) is 105 Å². The minimum atomic E-state index is -1.02. The summed E-state index contributed by atoms with van der Waals surface area (Å²) < 4.78 is 5.98. The van der Waals surface area contributed by atoms with Crippen LogP contribution in [0.5, 0.6) is 5.75 Å². The van der Waals surface area contributed by atoms with Gasteiger partial charge in [0.15, 0.2) is 5.01 Å². The minimum Gasteiger partial charge on any atom is -1.00 e. The Hall–Kier alpha value is -2.13. The molecule has 1 aliphatic rings. The molecule has 0 aliphatic heterocycles. The quantitative estimate of drug-likeness (QED) is 0.265. The third-order valence-electron chi connectivity index (χ3n) is 6.70. The normalized spacial score (nSPS) is 13.5. The zero-order valence-corrected chi connectivity index (χ0v) is 24.8. The molecule has 1 heterocycles. The first-order chi connectivity index (χ1) is 17.6. The Kier molecular flexibility index (Phi) is 9.87. The van der Waals surface area contributed by atoms with Gasteiger partial charge in [-0.1, -0.05) is 55.7 Å². The SMILES string of the molecule is O=C(O)c1ccc(C(=O)c2nc(-c3ccc(OCc4ccc(C5CCCCC5)cc4)cc3)cs2)cc1.[H-].[K+]. The van der Waals surface area contributed by atoms with Crippen LogP contribution in [0.1, 0.15) is 76.3 Å².